The van der Waals surface area contributed by atoms with Crippen LogP contribution in [0.1, 0.15) is 16.8 Å². The highest BCUT2D eigenvalue weighted by Crippen LogP contribution is 2.25. The van der Waals surface area contributed by atoms with Crippen molar-refractivity contribution in [1.82, 2.24) is 10.2 Å². The summed E-state index contributed by atoms with van der Waals surface area (Å²) < 4.78 is 31.9. The minimum atomic E-state index is -0.774. The first-order valence-electron chi connectivity index (χ1n) is 7.75. The number of hydrogen-bond acceptors (Lipinski definition) is 3. The summed E-state index contributed by atoms with van der Waals surface area (Å²) >= 11 is 0. The molecule has 1 amide bonds. The van der Waals surface area contributed by atoms with Gasteiger partial charge in [-0.3, -0.25) is 4.79 Å². The molecule has 1 saturated heterocycles. The summed E-state index contributed by atoms with van der Waals surface area (Å²) in [6, 6.07) is 9.77. The molecule has 25 heavy (non-hydrogen) atoms. The third kappa shape index (κ3) is 4.46. The van der Waals surface area contributed by atoms with Gasteiger partial charge >= 0.3 is 0 Å². The standard InChI is InChI=1S/C18H18F2N2O2.ClH/c1-22(14-8-9-21-11-14)18(23)12-2-5-15(6-3-12)24-17-7-4-13(19)10-16(17)20;/h2-7,10,14,21H,8-9,11H2,1H3;1H. The molecule has 0 spiro atoms. The Labute approximate surface area is 151 Å². The van der Waals surface area contributed by atoms with Gasteiger partial charge in [0.1, 0.15) is 11.6 Å². The van der Waals surface area contributed by atoms with E-state index in [0.717, 1.165) is 31.6 Å². The second-order valence-electron chi connectivity index (χ2n) is 5.76. The maximum atomic E-state index is 13.6. The summed E-state index contributed by atoms with van der Waals surface area (Å²) in [5.74, 6) is -1.19. The van der Waals surface area contributed by atoms with Gasteiger partial charge in [-0.2, -0.15) is 0 Å². The van der Waals surface area contributed by atoms with Crippen LogP contribution in [0.25, 0.3) is 0 Å². The van der Waals surface area contributed by atoms with Crippen LogP contribution in [0.2, 0.25) is 0 Å². The molecule has 2 aromatic carbocycles. The number of halogens is 3. The van der Waals surface area contributed by atoms with Gasteiger partial charge in [-0.15, -0.1) is 12.4 Å². The van der Waals surface area contributed by atoms with Crippen molar-refractivity contribution in [2.45, 2.75) is 12.5 Å². The molecule has 1 fully saturated rings. The molecular weight excluding hydrogens is 350 g/mol. The lowest BCUT2D eigenvalue weighted by molar-refractivity contribution is 0.0744. The van der Waals surface area contributed by atoms with Crippen molar-refractivity contribution in [3.63, 3.8) is 0 Å². The Morgan fingerprint density at radius 2 is 1.92 bits per heavy atom. The Bertz CT molecular complexity index is 734. The van der Waals surface area contributed by atoms with Crippen molar-refractivity contribution in [1.29, 1.82) is 0 Å². The molecule has 4 nitrogen and oxygen atoms in total. The molecule has 0 radical (unpaired) electrons. The van der Waals surface area contributed by atoms with Gasteiger partial charge < -0.3 is 15.0 Å². The van der Waals surface area contributed by atoms with Crippen LogP contribution in [-0.4, -0.2) is 37.0 Å². The molecule has 1 atom stereocenters. The lowest BCUT2D eigenvalue weighted by Gasteiger charge is -2.23. The molecule has 134 valence electrons. The number of likely N-dealkylation sites (N-methyl/N-ethyl adjacent to an activating group) is 1. The van der Waals surface area contributed by atoms with E-state index >= 15 is 0 Å². The van der Waals surface area contributed by atoms with E-state index in [4.69, 9.17) is 4.74 Å². The van der Waals surface area contributed by atoms with Gasteiger partial charge in [-0.1, -0.05) is 0 Å². The fraction of sp³-hybridized carbons (Fsp3) is 0.278. The topological polar surface area (TPSA) is 41.6 Å². The Hall–Kier alpha value is -2.18. The van der Waals surface area contributed by atoms with Gasteiger partial charge in [-0.05, 0) is 49.4 Å². The number of rotatable bonds is 4. The van der Waals surface area contributed by atoms with Gasteiger partial charge in [0.15, 0.2) is 11.6 Å². The Balaban J connectivity index is 0.00000225. The van der Waals surface area contributed by atoms with Gasteiger partial charge in [0.05, 0.1) is 0 Å². The predicted molar refractivity (Wildman–Crippen MR) is 93.5 cm³/mol. The molecule has 1 N–H and O–H groups in total. The summed E-state index contributed by atoms with van der Waals surface area (Å²) in [7, 11) is 1.79. The van der Waals surface area contributed by atoms with Crippen LogP contribution < -0.4 is 10.1 Å². The van der Waals surface area contributed by atoms with Gasteiger partial charge in [0, 0.05) is 31.3 Å². The Morgan fingerprint density at radius 3 is 2.52 bits per heavy atom. The first kappa shape index (κ1) is 19.1. The smallest absolute Gasteiger partial charge is 0.253 e. The SMILES string of the molecule is CN(C(=O)c1ccc(Oc2ccc(F)cc2F)cc1)C1CCNC1.Cl. The second kappa shape index (κ2) is 8.27. The number of benzene rings is 2. The van der Waals surface area contributed by atoms with E-state index in [0.29, 0.717) is 11.3 Å². The van der Waals surface area contributed by atoms with Crippen LogP contribution in [0, 0.1) is 11.6 Å². The summed E-state index contributed by atoms with van der Waals surface area (Å²) in [5, 5.41) is 3.23. The highest BCUT2D eigenvalue weighted by molar-refractivity contribution is 5.94. The van der Waals surface area contributed by atoms with E-state index in [1.165, 1.54) is 6.07 Å². The molecule has 0 bridgehead atoms. The van der Waals surface area contributed by atoms with E-state index in [-0.39, 0.29) is 30.1 Å². The Kier molecular flexibility index (Phi) is 6.33. The highest BCUT2D eigenvalue weighted by atomic mass is 35.5. The fourth-order valence-electron chi connectivity index (χ4n) is 2.69. The van der Waals surface area contributed by atoms with Crippen LogP contribution in [0.15, 0.2) is 42.5 Å². The molecular formula is C18H19ClF2N2O2. The van der Waals surface area contributed by atoms with E-state index in [1.54, 1.807) is 36.2 Å². The average Bonchev–Trinajstić information content (AvgIpc) is 3.11. The van der Waals surface area contributed by atoms with Crippen molar-refractivity contribution < 1.29 is 18.3 Å². The molecule has 1 aliphatic heterocycles. The zero-order valence-electron chi connectivity index (χ0n) is 13.7. The third-order valence-corrected chi connectivity index (χ3v) is 4.13. The normalized spacial score (nSPS) is 16.2. The maximum Gasteiger partial charge on any atom is 0.253 e. The van der Waals surface area contributed by atoms with Gasteiger partial charge in [0.2, 0.25) is 0 Å². The third-order valence-electron chi connectivity index (χ3n) is 4.13. The fourth-order valence-corrected chi connectivity index (χ4v) is 2.69. The van der Waals surface area contributed by atoms with E-state index in [1.807, 2.05) is 0 Å². The highest BCUT2D eigenvalue weighted by Gasteiger charge is 2.23. The summed E-state index contributed by atoms with van der Waals surface area (Å²) in [6.07, 6.45) is 0.938. The number of nitrogens with zero attached hydrogens (tertiary/aromatic N) is 1. The lowest BCUT2D eigenvalue weighted by atomic mass is 10.1. The van der Waals surface area contributed by atoms with Crippen LogP contribution in [0.4, 0.5) is 8.78 Å². The molecule has 2 aromatic rings. The molecule has 1 heterocycles. The van der Waals surface area contributed by atoms with Crippen LogP contribution in [0.5, 0.6) is 11.5 Å². The molecule has 1 unspecified atom stereocenters. The summed E-state index contributed by atoms with van der Waals surface area (Å²) in [6.45, 7) is 1.71. The van der Waals surface area contributed by atoms with Crippen LogP contribution in [0.3, 0.4) is 0 Å². The zero-order chi connectivity index (χ0) is 17.1. The average molecular weight is 369 g/mol. The van der Waals surface area contributed by atoms with Crippen molar-refractivity contribution in [3.05, 3.63) is 59.7 Å². The van der Waals surface area contributed by atoms with E-state index in [2.05, 4.69) is 5.32 Å². The minimum absolute atomic E-state index is 0. The zero-order valence-corrected chi connectivity index (χ0v) is 14.5. The predicted octanol–water partition coefficient (Wildman–Crippen LogP) is 3.61. The van der Waals surface area contributed by atoms with E-state index < -0.39 is 11.6 Å². The molecule has 3 rings (SSSR count). The lowest BCUT2D eigenvalue weighted by Crippen LogP contribution is -2.38. The minimum Gasteiger partial charge on any atom is -0.454 e. The van der Waals surface area contributed by atoms with Crippen molar-refractivity contribution in [2.75, 3.05) is 20.1 Å². The molecule has 0 saturated carbocycles. The number of ether oxygens (including phenoxy) is 1. The summed E-state index contributed by atoms with van der Waals surface area (Å²) in [4.78, 5) is 14.2. The van der Waals surface area contributed by atoms with Gasteiger partial charge in [0.25, 0.3) is 5.91 Å². The number of amides is 1. The molecule has 7 heteroatoms. The molecule has 0 aliphatic carbocycles. The maximum absolute atomic E-state index is 13.6. The summed E-state index contributed by atoms with van der Waals surface area (Å²) in [5.41, 5.74) is 0.538. The van der Waals surface area contributed by atoms with Crippen LogP contribution >= 0.6 is 12.4 Å². The monoisotopic (exact) mass is 368 g/mol. The van der Waals surface area contributed by atoms with E-state index in [9.17, 15) is 13.6 Å². The van der Waals surface area contributed by atoms with Crippen molar-refractivity contribution in [2.24, 2.45) is 0 Å². The quantitative estimate of drug-likeness (QED) is 0.896. The van der Waals surface area contributed by atoms with Crippen molar-refractivity contribution >= 4 is 18.3 Å². The number of carbonyl (C=O) groups excluding carboxylic acids is 1. The first-order chi connectivity index (χ1) is 11.5. The van der Waals surface area contributed by atoms with Gasteiger partial charge in [-0.25, -0.2) is 8.78 Å². The number of nitrogens with one attached hydrogen (secondary N) is 1. The first-order valence-corrected chi connectivity index (χ1v) is 7.75. The molecule has 0 aromatic heterocycles. The van der Waals surface area contributed by atoms with Crippen LogP contribution in [-0.2, 0) is 0 Å². The number of hydrogen-bond donors (Lipinski definition) is 1. The largest absolute Gasteiger partial charge is 0.454 e. The number of carbonyl (C=O) groups is 1. The molecule has 1 aliphatic rings. The Morgan fingerprint density at radius 1 is 1.20 bits per heavy atom. The van der Waals surface area contributed by atoms with Crippen molar-refractivity contribution in [3.8, 4) is 11.5 Å². The second-order valence-corrected chi connectivity index (χ2v) is 5.76.